The minimum absolute atomic E-state index is 0.150. The molecule has 0 fully saturated rings. The lowest BCUT2D eigenvalue weighted by molar-refractivity contribution is -0.275. The van der Waals surface area contributed by atoms with Gasteiger partial charge in [0, 0.05) is 7.05 Å². The molecule has 0 bridgehead atoms. The fourth-order valence-corrected chi connectivity index (χ4v) is 0.729. The molecular formula is C8H10F5NO3. The molecule has 0 radical (unpaired) electrons. The highest BCUT2D eigenvalue weighted by molar-refractivity contribution is 5.90. The third-order valence-corrected chi connectivity index (χ3v) is 2.29. The van der Waals surface area contributed by atoms with Gasteiger partial charge in [0.25, 0.3) is 0 Å². The molecule has 0 saturated carbocycles. The van der Waals surface area contributed by atoms with Gasteiger partial charge >= 0.3 is 24.0 Å². The molecule has 0 spiro atoms. The Morgan fingerprint density at radius 1 is 1.06 bits per heavy atom. The summed E-state index contributed by atoms with van der Waals surface area (Å²) < 4.78 is 61.0. The van der Waals surface area contributed by atoms with Crippen molar-refractivity contribution in [3.05, 3.63) is 0 Å². The van der Waals surface area contributed by atoms with Crippen molar-refractivity contribution < 1.29 is 36.6 Å². The van der Waals surface area contributed by atoms with E-state index in [1.165, 1.54) is 0 Å². The Balaban J connectivity index is 5.29. The van der Waals surface area contributed by atoms with E-state index < -0.39 is 29.5 Å². The van der Waals surface area contributed by atoms with E-state index in [0.29, 0.717) is 7.05 Å². The third-order valence-electron chi connectivity index (χ3n) is 2.29. The van der Waals surface area contributed by atoms with Gasteiger partial charge in [-0.25, -0.2) is 4.79 Å². The van der Waals surface area contributed by atoms with Gasteiger partial charge in [0.05, 0.1) is 0 Å². The maximum Gasteiger partial charge on any atom is 0.463 e. The number of likely N-dealkylation sites (N-methyl/N-ethyl adjacent to an activating group) is 1. The lowest BCUT2D eigenvalue weighted by atomic mass is 10.0. The number of carbonyl (C=O) groups is 2. The number of hydrogen-bond acceptors (Lipinski definition) is 2. The average Bonchev–Trinajstić information content (AvgIpc) is 2.13. The van der Waals surface area contributed by atoms with Crippen LogP contribution in [0.1, 0.15) is 13.8 Å². The summed E-state index contributed by atoms with van der Waals surface area (Å²) in [5.74, 6) is -9.93. The second kappa shape index (κ2) is 4.11. The zero-order chi connectivity index (χ0) is 14.2. The predicted octanol–water partition coefficient (Wildman–Crippen LogP) is 1.51. The molecule has 0 aliphatic rings. The number of hydrogen-bond donors (Lipinski definition) is 1. The Morgan fingerprint density at radius 2 is 1.41 bits per heavy atom. The normalized spacial score (nSPS) is 13.4. The SMILES string of the molecule is CN(C(=O)C(F)(F)C(F)(F)F)C(C)(C)C(=O)O. The van der Waals surface area contributed by atoms with E-state index in [1.807, 2.05) is 0 Å². The predicted molar refractivity (Wildman–Crippen MR) is 45.5 cm³/mol. The molecular weight excluding hydrogens is 253 g/mol. The van der Waals surface area contributed by atoms with Crippen LogP contribution in [-0.4, -0.2) is 46.6 Å². The number of aliphatic carboxylic acids is 1. The molecule has 0 aromatic heterocycles. The average molecular weight is 263 g/mol. The maximum atomic E-state index is 12.7. The van der Waals surface area contributed by atoms with Crippen molar-refractivity contribution in [2.45, 2.75) is 31.5 Å². The molecule has 0 atom stereocenters. The van der Waals surface area contributed by atoms with Crippen LogP contribution in [0, 0.1) is 0 Å². The zero-order valence-electron chi connectivity index (χ0n) is 9.10. The van der Waals surface area contributed by atoms with E-state index in [4.69, 9.17) is 5.11 Å². The van der Waals surface area contributed by atoms with Gasteiger partial charge in [0.2, 0.25) is 0 Å². The Bertz CT molecular complexity index is 337. The van der Waals surface area contributed by atoms with E-state index in [9.17, 15) is 31.5 Å². The van der Waals surface area contributed by atoms with Crippen molar-refractivity contribution in [2.24, 2.45) is 0 Å². The summed E-state index contributed by atoms with van der Waals surface area (Å²) in [7, 11) is 0.566. The van der Waals surface area contributed by atoms with Crippen LogP contribution < -0.4 is 0 Å². The largest absolute Gasteiger partial charge is 0.480 e. The summed E-state index contributed by atoms with van der Waals surface area (Å²) >= 11 is 0. The quantitative estimate of drug-likeness (QED) is 0.785. The molecule has 0 aromatic carbocycles. The molecule has 4 nitrogen and oxygen atoms in total. The van der Waals surface area contributed by atoms with E-state index in [2.05, 4.69) is 0 Å². The summed E-state index contributed by atoms with van der Waals surface area (Å²) in [6.45, 7) is 1.67. The molecule has 1 amide bonds. The van der Waals surface area contributed by atoms with Gasteiger partial charge in [-0.3, -0.25) is 4.79 Å². The van der Waals surface area contributed by atoms with Crippen LogP contribution in [0.4, 0.5) is 22.0 Å². The highest BCUT2D eigenvalue weighted by Crippen LogP contribution is 2.37. The van der Waals surface area contributed by atoms with Crippen molar-refractivity contribution in [3.63, 3.8) is 0 Å². The summed E-state index contributed by atoms with van der Waals surface area (Å²) in [6.07, 6.45) is -6.06. The highest BCUT2D eigenvalue weighted by atomic mass is 19.4. The Hall–Kier alpha value is -1.41. The number of amides is 1. The molecule has 0 aromatic rings. The van der Waals surface area contributed by atoms with Crippen molar-refractivity contribution >= 4 is 11.9 Å². The molecule has 100 valence electrons. The van der Waals surface area contributed by atoms with E-state index in [0.717, 1.165) is 13.8 Å². The lowest BCUT2D eigenvalue weighted by Crippen LogP contribution is -2.59. The Morgan fingerprint density at radius 3 is 1.65 bits per heavy atom. The molecule has 17 heavy (non-hydrogen) atoms. The van der Waals surface area contributed by atoms with Gasteiger partial charge in [0.15, 0.2) is 0 Å². The summed E-state index contributed by atoms with van der Waals surface area (Å²) in [5.41, 5.74) is -2.17. The molecule has 0 unspecified atom stereocenters. The number of carbonyl (C=O) groups excluding carboxylic acids is 1. The van der Waals surface area contributed by atoms with Crippen LogP contribution in [0.15, 0.2) is 0 Å². The topological polar surface area (TPSA) is 57.6 Å². The van der Waals surface area contributed by atoms with Crippen LogP contribution in [0.3, 0.4) is 0 Å². The first kappa shape index (κ1) is 15.6. The van der Waals surface area contributed by atoms with Crippen LogP contribution in [0.5, 0.6) is 0 Å². The molecule has 0 heterocycles. The van der Waals surface area contributed by atoms with Crippen molar-refractivity contribution in [1.82, 2.24) is 4.90 Å². The molecule has 0 aliphatic carbocycles. The molecule has 0 aliphatic heterocycles. The van der Waals surface area contributed by atoms with Gasteiger partial charge in [-0.2, -0.15) is 22.0 Å². The second-order valence-corrected chi connectivity index (χ2v) is 3.80. The maximum absolute atomic E-state index is 12.7. The van der Waals surface area contributed by atoms with Crippen LogP contribution in [-0.2, 0) is 9.59 Å². The first-order valence-corrected chi connectivity index (χ1v) is 4.22. The number of halogens is 5. The molecule has 0 rings (SSSR count). The number of carboxylic acid groups (broad SMARTS) is 1. The standard InChI is InChI=1S/C8H10F5NO3/c1-6(2,5(16)17)14(3)4(15)7(9,10)8(11,12)13/h1-3H3,(H,16,17). The minimum atomic E-state index is -6.06. The van der Waals surface area contributed by atoms with Crippen molar-refractivity contribution in [1.29, 1.82) is 0 Å². The fourth-order valence-electron chi connectivity index (χ4n) is 0.729. The number of alkyl halides is 5. The minimum Gasteiger partial charge on any atom is -0.480 e. The Labute approximate surface area is 93.0 Å². The summed E-state index contributed by atoms with van der Waals surface area (Å²) in [6, 6.07) is 0. The monoisotopic (exact) mass is 263 g/mol. The third kappa shape index (κ3) is 2.64. The smallest absolute Gasteiger partial charge is 0.463 e. The summed E-state index contributed by atoms with van der Waals surface area (Å²) in [5, 5.41) is 8.61. The van der Waals surface area contributed by atoms with E-state index >= 15 is 0 Å². The fraction of sp³-hybridized carbons (Fsp3) is 0.750. The number of carboxylic acids is 1. The zero-order valence-corrected chi connectivity index (χ0v) is 9.10. The van der Waals surface area contributed by atoms with Gasteiger partial charge in [-0.1, -0.05) is 0 Å². The second-order valence-electron chi connectivity index (χ2n) is 3.80. The molecule has 0 saturated heterocycles. The van der Waals surface area contributed by atoms with Crippen LogP contribution in [0.25, 0.3) is 0 Å². The van der Waals surface area contributed by atoms with Gasteiger partial charge < -0.3 is 10.0 Å². The molecule has 9 heteroatoms. The van der Waals surface area contributed by atoms with E-state index in [-0.39, 0.29) is 4.90 Å². The van der Waals surface area contributed by atoms with Gasteiger partial charge in [-0.15, -0.1) is 0 Å². The van der Waals surface area contributed by atoms with Gasteiger partial charge in [-0.05, 0) is 13.8 Å². The highest BCUT2D eigenvalue weighted by Gasteiger charge is 2.65. The summed E-state index contributed by atoms with van der Waals surface area (Å²) in [4.78, 5) is 21.4. The number of nitrogens with zero attached hydrogens (tertiary/aromatic N) is 1. The van der Waals surface area contributed by atoms with Crippen molar-refractivity contribution in [3.8, 4) is 0 Å². The van der Waals surface area contributed by atoms with Crippen LogP contribution >= 0.6 is 0 Å². The first-order chi connectivity index (χ1) is 7.26. The van der Waals surface area contributed by atoms with Crippen LogP contribution in [0.2, 0.25) is 0 Å². The van der Waals surface area contributed by atoms with Crippen molar-refractivity contribution in [2.75, 3.05) is 7.05 Å². The van der Waals surface area contributed by atoms with E-state index in [1.54, 1.807) is 0 Å². The number of rotatable bonds is 3. The first-order valence-electron chi connectivity index (χ1n) is 4.22. The Kier molecular flexibility index (Phi) is 3.77. The van der Waals surface area contributed by atoms with Gasteiger partial charge in [0.1, 0.15) is 5.54 Å². The lowest BCUT2D eigenvalue weighted by Gasteiger charge is -2.34. The molecule has 1 N–H and O–H groups in total.